The summed E-state index contributed by atoms with van der Waals surface area (Å²) in [6.45, 7) is 2.23. The van der Waals surface area contributed by atoms with E-state index in [1.807, 2.05) is 0 Å². The molecular formula is C9H21N2. The Bertz CT molecular complexity index is 81.6. The molecule has 0 fully saturated rings. The van der Waals surface area contributed by atoms with E-state index in [9.17, 15) is 0 Å². The van der Waals surface area contributed by atoms with Gasteiger partial charge in [0, 0.05) is 0 Å². The third kappa shape index (κ3) is 4.38. The molecule has 0 aliphatic heterocycles. The fourth-order valence-corrected chi connectivity index (χ4v) is 1.18. The van der Waals surface area contributed by atoms with Crippen molar-refractivity contribution in [3.63, 3.8) is 0 Å². The van der Waals surface area contributed by atoms with Crippen molar-refractivity contribution in [3.05, 3.63) is 6.17 Å². The lowest BCUT2D eigenvalue weighted by Gasteiger charge is -2.28. The molecule has 0 aromatic heterocycles. The van der Waals surface area contributed by atoms with Crippen LogP contribution in [0.4, 0.5) is 0 Å². The molecule has 0 spiro atoms. The number of hydrogen-bond acceptors (Lipinski definition) is 2. The molecule has 0 aliphatic rings. The van der Waals surface area contributed by atoms with Crippen molar-refractivity contribution >= 4 is 0 Å². The van der Waals surface area contributed by atoms with Gasteiger partial charge in [0.05, 0.1) is 0 Å². The molecule has 2 nitrogen and oxygen atoms in total. The molecular weight excluding hydrogens is 136 g/mol. The van der Waals surface area contributed by atoms with Crippen LogP contribution in [0.1, 0.15) is 26.2 Å². The number of hydrogen-bond donors (Lipinski definition) is 0. The summed E-state index contributed by atoms with van der Waals surface area (Å²) in [6.07, 6.45) is 5.15. The summed E-state index contributed by atoms with van der Waals surface area (Å²) in [4.78, 5) is 4.38. The average Bonchev–Trinajstić information content (AvgIpc) is 1.87. The maximum Gasteiger partial charge on any atom is 0.105 e. The molecule has 0 N–H and O–H groups in total. The second-order valence-electron chi connectivity index (χ2n) is 3.31. The van der Waals surface area contributed by atoms with Crippen LogP contribution < -0.4 is 0 Å². The molecule has 0 unspecified atom stereocenters. The molecule has 0 bridgehead atoms. The van der Waals surface area contributed by atoms with E-state index in [2.05, 4.69) is 44.9 Å². The normalized spacial score (nSPS) is 12.0. The van der Waals surface area contributed by atoms with E-state index in [1.54, 1.807) is 0 Å². The lowest BCUT2D eigenvalue weighted by Crippen LogP contribution is -2.32. The first-order valence-corrected chi connectivity index (χ1v) is 4.30. The minimum Gasteiger partial charge on any atom is -0.289 e. The Balaban J connectivity index is 3.70. The van der Waals surface area contributed by atoms with Crippen molar-refractivity contribution in [2.45, 2.75) is 26.2 Å². The molecule has 2 heteroatoms. The Labute approximate surface area is 71.2 Å². The van der Waals surface area contributed by atoms with Gasteiger partial charge in [-0.25, -0.2) is 0 Å². The van der Waals surface area contributed by atoms with Crippen molar-refractivity contribution in [1.82, 2.24) is 9.80 Å². The van der Waals surface area contributed by atoms with Crippen LogP contribution in [0.3, 0.4) is 0 Å². The van der Waals surface area contributed by atoms with Gasteiger partial charge in [-0.3, -0.25) is 9.80 Å². The lowest BCUT2D eigenvalue weighted by molar-refractivity contribution is 0.226. The van der Waals surface area contributed by atoms with Gasteiger partial charge >= 0.3 is 0 Å². The Morgan fingerprint density at radius 1 is 1.00 bits per heavy atom. The minimum atomic E-state index is 1.19. The molecule has 0 aromatic rings. The molecule has 0 aliphatic carbocycles. The van der Waals surface area contributed by atoms with Crippen LogP contribution in [0.25, 0.3) is 0 Å². The van der Waals surface area contributed by atoms with Crippen LogP contribution in [0.5, 0.6) is 0 Å². The van der Waals surface area contributed by atoms with Gasteiger partial charge in [0.15, 0.2) is 0 Å². The summed E-state index contributed by atoms with van der Waals surface area (Å²) in [5.41, 5.74) is 0. The predicted molar refractivity (Wildman–Crippen MR) is 50.1 cm³/mol. The van der Waals surface area contributed by atoms with E-state index in [1.165, 1.54) is 25.4 Å². The Kier molecular flexibility index (Phi) is 5.51. The fraction of sp³-hybridized carbons (Fsp3) is 0.889. The summed E-state index contributed by atoms with van der Waals surface area (Å²) in [5, 5.41) is 0. The molecule has 11 heavy (non-hydrogen) atoms. The first kappa shape index (κ1) is 10.9. The van der Waals surface area contributed by atoms with Crippen molar-refractivity contribution in [1.29, 1.82) is 0 Å². The van der Waals surface area contributed by atoms with E-state index in [0.717, 1.165) is 0 Å². The van der Waals surface area contributed by atoms with Gasteiger partial charge in [-0.05, 0) is 34.6 Å². The molecule has 0 saturated carbocycles. The topological polar surface area (TPSA) is 6.48 Å². The summed E-state index contributed by atoms with van der Waals surface area (Å²) in [6, 6.07) is 0. The fourth-order valence-electron chi connectivity index (χ4n) is 1.18. The maximum absolute atomic E-state index is 2.23. The zero-order valence-electron chi connectivity index (χ0n) is 8.52. The van der Waals surface area contributed by atoms with Gasteiger partial charge in [-0.1, -0.05) is 19.8 Å². The van der Waals surface area contributed by atoms with Crippen LogP contribution in [0, 0.1) is 6.17 Å². The van der Waals surface area contributed by atoms with Crippen molar-refractivity contribution in [2.24, 2.45) is 0 Å². The summed E-state index contributed by atoms with van der Waals surface area (Å²) in [5.74, 6) is 0. The van der Waals surface area contributed by atoms with Gasteiger partial charge in [-0.15, -0.1) is 0 Å². The van der Waals surface area contributed by atoms with Crippen LogP contribution >= 0.6 is 0 Å². The highest BCUT2D eigenvalue weighted by molar-refractivity contribution is 4.82. The van der Waals surface area contributed by atoms with Crippen LogP contribution in [0.2, 0.25) is 0 Å². The highest BCUT2D eigenvalue weighted by atomic mass is 15.3. The number of unbranched alkanes of at least 4 members (excludes halogenated alkanes) is 1. The monoisotopic (exact) mass is 157 g/mol. The maximum atomic E-state index is 2.23. The second kappa shape index (κ2) is 5.56. The van der Waals surface area contributed by atoms with Crippen LogP contribution in [-0.4, -0.2) is 38.0 Å². The van der Waals surface area contributed by atoms with Gasteiger partial charge in [-0.2, -0.15) is 0 Å². The van der Waals surface area contributed by atoms with Crippen LogP contribution in [0.15, 0.2) is 0 Å². The lowest BCUT2D eigenvalue weighted by atomic mass is 10.2. The highest BCUT2D eigenvalue weighted by Crippen LogP contribution is 2.14. The summed E-state index contributed by atoms with van der Waals surface area (Å²) < 4.78 is 0. The van der Waals surface area contributed by atoms with E-state index in [4.69, 9.17) is 0 Å². The average molecular weight is 157 g/mol. The minimum absolute atomic E-state index is 1.19. The quantitative estimate of drug-likeness (QED) is 0.600. The number of rotatable bonds is 5. The predicted octanol–water partition coefficient (Wildman–Crippen LogP) is 1.79. The highest BCUT2D eigenvalue weighted by Gasteiger charge is 2.13. The van der Waals surface area contributed by atoms with Gasteiger partial charge < -0.3 is 0 Å². The van der Waals surface area contributed by atoms with Crippen molar-refractivity contribution in [3.8, 4) is 0 Å². The zero-order valence-corrected chi connectivity index (χ0v) is 8.52. The van der Waals surface area contributed by atoms with E-state index in [-0.39, 0.29) is 0 Å². The standard InChI is InChI=1S/C9H21N2/c1-6-7-8-9(10(2)3)11(4)5/h6-8H2,1-5H3. The summed E-state index contributed by atoms with van der Waals surface area (Å²) >= 11 is 0. The molecule has 0 atom stereocenters. The Hall–Kier alpha value is -0.0800. The number of nitrogens with zero attached hydrogens (tertiary/aromatic N) is 2. The SMILES string of the molecule is CCCC[C](N(C)C)N(C)C. The first-order chi connectivity index (χ1) is 5.09. The molecule has 0 aromatic carbocycles. The van der Waals surface area contributed by atoms with E-state index >= 15 is 0 Å². The first-order valence-electron chi connectivity index (χ1n) is 4.30. The van der Waals surface area contributed by atoms with Crippen LogP contribution in [-0.2, 0) is 0 Å². The molecule has 1 radical (unpaired) electrons. The molecule has 0 heterocycles. The van der Waals surface area contributed by atoms with E-state index < -0.39 is 0 Å². The molecule has 67 valence electrons. The molecule has 0 saturated heterocycles. The Morgan fingerprint density at radius 3 is 1.73 bits per heavy atom. The molecule has 0 amide bonds. The smallest absolute Gasteiger partial charge is 0.105 e. The van der Waals surface area contributed by atoms with Gasteiger partial charge in [0.1, 0.15) is 6.17 Å². The van der Waals surface area contributed by atoms with Gasteiger partial charge in [0.2, 0.25) is 0 Å². The van der Waals surface area contributed by atoms with Gasteiger partial charge in [0.25, 0.3) is 0 Å². The molecule has 0 rings (SSSR count). The summed E-state index contributed by atoms with van der Waals surface area (Å²) in [7, 11) is 8.41. The van der Waals surface area contributed by atoms with E-state index in [0.29, 0.717) is 0 Å². The third-order valence-electron chi connectivity index (χ3n) is 1.79. The Morgan fingerprint density at radius 2 is 1.45 bits per heavy atom. The van der Waals surface area contributed by atoms with Crippen molar-refractivity contribution < 1.29 is 0 Å². The third-order valence-corrected chi connectivity index (χ3v) is 1.79. The van der Waals surface area contributed by atoms with Crippen molar-refractivity contribution in [2.75, 3.05) is 28.2 Å². The second-order valence-corrected chi connectivity index (χ2v) is 3.31. The largest absolute Gasteiger partial charge is 0.289 e. The zero-order chi connectivity index (χ0) is 8.85.